The van der Waals surface area contributed by atoms with E-state index in [4.69, 9.17) is 4.74 Å². The monoisotopic (exact) mass is 179 g/mol. The number of hydrogen-bond donors (Lipinski definition) is 0. The third kappa shape index (κ3) is 2.05. The van der Waals surface area contributed by atoms with E-state index in [2.05, 4.69) is 4.98 Å². The van der Waals surface area contributed by atoms with E-state index in [9.17, 15) is 4.79 Å². The fourth-order valence-corrected chi connectivity index (χ4v) is 1.17. The van der Waals surface area contributed by atoms with Gasteiger partial charge in [0.1, 0.15) is 5.69 Å². The minimum absolute atomic E-state index is 0.0178. The summed E-state index contributed by atoms with van der Waals surface area (Å²) in [4.78, 5) is 15.3. The van der Waals surface area contributed by atoms with Crippen LogP contribution in [0.3, 0.4) is 0 Å². The Balaban J connectivity index is 3.18. The van der Waals surface area contributed by atoms with Gasteiger partial charge in [0.25, 0.3) is 0 Å². The molecule has 0 atom stereocenters. The van der Waals surface area contributed by atoms with Crippen molar-refractivity contribution in [3.63, 3.8) is 0 Å². The molecule has 0 N–H and O–H groups in total. The van der Waals surface area contributed by atoms with Gasteiger partial charge in [-0.3, -0.25) is 4.79 Å². The average molecular weight is 179 g/mol. The topological polar surface area (TPSA) is 39.2 Å². The lowest BCUT2D eigenvalue weighted by molar-refractivity contribution is 0.101. The van der Waals surface area contributed by atoms with Crippen LogP contribution in [0, 0.1) is 0 Å². The fourth-order valence-electron chi connectivity index (χ4n) is 1.17. The van der Waals surface area contributed by atoms with Crippen molar-refractivity contribution in [3.05, 3.63) is 23.4 Å². The Hall–Kier alpha value is -1.38. The first-order valence-electron chi connectivity index (χ1n) is 4.24. The van der Waals surface area contributed by atoms with Gasteiger partial charge >= 0.3 is 0 Å². The number of ketones is 1. The zero-order valence-electron chi connectivity index (χ0n) is 8.13. The molecule has 3 heteroatoms. The molecule has 1 aromatic rings. The maximum absolute atomic E-state index is 11.2. The van der Waals surface area contributed by atoms with Crippen LogP contribution in [0.4, 0.5) is 0 Å². The number of carbonyl (C=O) groups excluding carboxylic acids is 1. The van der Waals surface area contributed by atoms with Crippen molar-refractivity contribution < 1.29 is 9.53 Å². The molecule has 0 spiro atoms. The quantitative estimate of drug-likeness (QED) is 0.665. The van der Waals surface area contributed by atoms with Crippen LogP contribution < -0.4 is 4.74 Å². The van der Waals surface area contributed by atoms with Crippen LogP contribution >= 0.6 is 0 Å². The van der Waals surface area contributed by atoms with Crippen LogP contribution in [0.2, 0.25) is 0 Å². The highest BCUT2D eigenvalue weighted by atomic mass is 16.5. The predicted molar refractivity (Wildman–Crippen MR) is 50.2 cm³/mol. The first-order chi connectivity index (χ1) is 6.19. The highest BCUT2D eigenvalue weighted by molar-refractivity contribution is 5.93. The van der Waals surface area contributed by atoms with Crippen molar-refractivity contribution >= 4 is 5.78 Å². The highest BCUT2D eigenvalue weighted by Crippen LogP contribution is 2.13. The maximum atomic E-state index is 11.2. The highest BCUT2D eigenvalue weighted by Gasteiger charge is 2.08. The fraction of sp³-hybridized carbons (Fsp3) is 0.400. The Morgan fingerprint density at radius 1 is 1.54 bits per heavy atom. The smallest absolute Gasteiger partial charge is 0.213 e. The van der Waals surface area contributed by atoms with Gasteiger partial charge in [-0.1, -0.05) is 13.0 Å². The Labute approximate surface area is 77.8 Å². The molecule has 70 valence electrons. The molecule has 0 amide bonds. The zero-order chi connectivity index (χ0) is 9.84. The zero-order valence-corrected chi connectivity index (χ0v) is 8.13. The lowest BCUT2D eigenvalue weighted by atomic mass is 10.1. The minimum atomic E-state index is -0.0178. The molecule has 0 saturated heterocycles. The third-order valence-electron chi connectivity index (χ3n) is 1.88. The van der Waals surface area contributed by atoms with Gasteiger partial charge in [-0.15, -0.1) is 0 Å². The number of rotatable bonds is 3. The summed E-state index contributed by atoms with van der Waals surface area (Å²) in [5.41, 5.74) is 1.48. The van der Waals surface area contributed by atoms with Gasteiger partial charge in [-0.2, -0.15) is 0 Å². The van der Waals surface area contributed by atoms with E-state index in [0.717, 1.165) is 12.0 Å². The lowest BCUT2D eigenvalue weighted by Crippen LogP contribution is -2.03. The molecular weight excluding hydrogens is 166 g/mol. The number of hydrogen-bond acceptors (Lipinski definition) is 3. The molecule has 1 rings (SSSR count). The first kappa shape index (κ1) is 9.71. The van der Waals surface area contributed by atoms with Crippen LogP contribution in [0.15, 0.2) is 12.1 Å². The van der Waals surface area contributed by atoms with Gasteiger partial charge in [-0.25, -0.2) is 4.98 Å². The Kier molecular flexibility index (Phi) is 3.01. The molecule has 0 aliphatic rings. The number of aromatic nitrogens is 1. The summed E-state index contributed by atoms with van der Waals surface area (Å²) in [5.74, 6) is 0.471. The van der Waals surface area contributed by atoms with E-state index in [1.54, 1.807) is 6.07 Å². The molecule has 0 unspecified atom stereocenters. The van der Waals surface area contributed by atoms with Gasteiger partial charge in [0, 0.05) is 13.0 Å². The van der Waals surface area contributed by atoms with Gasteiger partial charge in [-0.05, 0) is 12.0 Å². The van der Waals surface area contributed by atoms with E-state index in [-0.39, 0.29) is 5.78 Å². The van der Waals surface area contributed by atoms with E-state index in [1.807, 2.05) is 13.0 Å². The van der Waals surface area contributed by atoms with Crippen molar-refractivity contribution in [1.82, 2.24) is 4.98 Å². The summed E-state index contributed by atoms with van der Waals surface area (Å²) < 4.78 is 4.94. The van der Waals surface area contributed by atoms with Crippen molar-refractivity contribution in [1.29, 1.82) is 0 Å². The number of carbonyl (C=O) groups is 1. The Bertz CT molecular complexity index is 321. The van der Waals surface area contributed by atoms with Crippen LogP contribution in [0.1, 0.15) is 29.9 Å². The number of Topliss-reactive ketones (excluding diaryl/α,β-unsaturated/α-hetero) is 1. The molecular formula is C10H13NO2. The third-order valence-corrected chi connectivity index (χ3v) is 1.88. The van der Waals surface area contributed by atoms with E-state index >= 15 is 0 Å². The van der Waals surface area contributed by atoms with Crippen LogP contribution in [0.25, 0.3) is 0 Å². The van der Waals surface area contributed by atoms with Crippen molar-refractivity contribution in [2.75, 3.05) is 7.11 Å². The van der Waals surface area contributed by atoms with Crippen LogP contribution in [-0.4, -0.2) is 17.9 Å². The lowest BCUT2D eigenvalue weighted by Gasteiger charge is -2.05. The number of pyridine rings is 1. The van der Waals surface area contributed by atoms with Crippen molar-refractivity contribution in [2.24, 2.45) is 0 Å². The molecule has 0 bridgehead atoms. The standard InChI is InChI=1S/C10H13NO2/c1-4-8-5-6-9(13-3)11-10(8)7(2)12/h5-6H,4H2,1-3H3. The van der Waals surface area contributed by atoms with E-state index < -0.39 is 0 Å². The van der Waals surface area contributed by atoms with Crippen LogP contribution in [-0.2, 0) is 6.42 Å². The Morgan fingerprint density at radius 3 is 2.69 bits per heavy atom. The number of ether oxygens (including phenoxy) is 1. The first-order valence-corrected chi connectivity index (χ1v) is 4.24. The molecule has 0 aromatic carbocycles. The summed E-state index contributed by atoms with van der Waals surface area (Å²) in [6.07, 6.45) is 0.811. The molecule has 0 fully saturated rings. The second kappa shape index (κ2) is 4.03. The van der Waals surface area contributed by atoms with Crippen LogP contribution in [0.5, 0.6) is 5.88 Å². The summed E-state index contributed by atoms with van der Waals surface area (Å²) >= 11 is 0. The summed E-state index contributed by atoms with van der Waals surface area (Å²) in [5, 5.41) is 0. The van der Waals surface area contributed by atoms with E-state index in [0.29, 0.717) is 11.6 Å². The minimum Gasteiger partial charge on any atom is -0.481 e. The Morgan fingerprint density at radius 2 is 2.23 bits per heavy atom. The summed E-state index contributed by atoms with van der Waals surface area (Å²) in [7, 11) is 1.54. The molecule has 0 aliphatic carbocycles. The largest absolute Gasteiger partial charge is 0.481 e. The molecule has 0 radical (unpaired) electrons. The van der Waals surface area contributed by atoms with E-state index in [1.165, 1.54) is 14.0 Å². The molecule has 1 aromatic heterocycles. The number of methoxy groups -OCH3 is 1. The van der Waals surface area contributed by atoms with Gasteiger partial charge < -0.3 is 4.74 Å². The normalized spacial score (nSPS) is 9.77. The average Bonchev–Trinajstić information content (AvgIpc) is 2.16. The SMILES string of the molecule is CCc1ccc(OC)nc1C(C)=O. The number of aryl methyl sites for hydroxylation is 1. The molecule has 0 saturated carbocycles. The van der Waals surface area contributed by atoms with Crippen molar-refractivity contribution in [2.45, 2.75) is 20.3 Å². The molecule has 1 heterocycles. The van der Waals surface area contributed by atoms with Crippen molar-refractivity contribution in [3.8, 4) is 5.88 Å². The van der Waals surface area contributed by atoms with Gasteiger partial charge in [0.15, 0.2) is 5.78 Å². The van der Waals surface area contributed by atoms with Gasteiger partial charge in [0.2, 0.25) is 5.88 Å². The predicted octanol–water partition coefficient (Wildman–Crippen LogP) is 1.86. The van der Waals surface area contributed by atoms with Gasteiger partial charge in [0.05, 0.1) is 7.11 Å². The summed E-state index contributed by atoms with van der Waals surface area (Å²) in [6, 6.07) is 3.65. The molecule has 0 aliphatic heterocycles. The number of nitrogens with zero attached hydrogens (tertiary/aromatic N) is 1. The molecule has 13 heavy (non-hydrogen) atoms. The second-order valence-electron chi connectivity index (χ2n) is 2.77. The molecule has 3 nitrogen and oxygen atoms in total. The second-order valence-corrected chi connectivity index (χ2v) is 2.77. The maximum Gasteiger partial charge on any atom is 0.213 e. The summed E-state index contributed by atoms with van der Waals surface area (Å²) in [6.45, 7) is 3.51.